The summed E-state index contributed by atoms with van der Waals surface area (Å²) < 4.78 is 5.36. The van der Waals surface area contributed by atoms with E-state index in [1.807, 2.05) is 24.4 Å². The molecule has 0 spiro atoms. The molecule has 4 nitrogen and oxygen atoms in total. The molecule has 1 fully saturated rings. The molecule has 112 valence electrons. The average Bonchev–Trinajstić information content (AvgIpc) is 2.99. The van der Waals surface area contributed by atoms with Crippen LogP contribution in [0.25, 0.3) is 11.4 Å². The van der Waals surface area contributed by atoms with Gasteiger partial charge in [0, 0.05) is 37.2 Å². The molecule has 0 saturated carbocycles. The number of rotatable bonds is 5. The number of hydrogen-bond acceptors (Lipinski definition) is 3. The predicted octanol–water partition coefficient (Wildman–Crippen LogP) is 3.08. The Morgan fingerprint density at radius 3 is 2.95 bits per heavy atom. The molecule has 2 heterocycles. The number of imidazole rings is 1. The van der Waals surface area contributed by atoms with E-state index in [1.165, 1.54) is 25.0 Å². The molecule has 1 aliphatic rings. The summed E-state index contributed by atoms with van der Waals surface area (Å²) in [5.74, 6) is 0.950. The van der Waals surface area contributed by atoms with E-state index >= 15 is 0 Å². The molecule has 3 rings (SSSR count). The smallest absolute Gasteiger partial charge is 0.137 e. The zero-order valence-electron chi connectivity index (χ0n) is 12.6. The summed E-state index contributed by atoms with van der Waals surface area (Å²) >= 11 is 0. The minimum absolute atomic E-state index is 0.534. The predicted molar refractivity (Wildman–Crippen MR) is 83.9 cm³/mol. The van der Waals surface area contributed by atoms with Gasteiger partial charge in [-0.15, -0.1) is 0 Å². The monoisotopic (exact) mass is 285 g/mol. The standard InChI is InChI=1S/C17H23N3O/c1-21-13-16-9-5-6-10-20(16)12-15-11-18-17(19-15)14-7-3-2-4-8-14/h2-4,7-8,11,16H,5-6,9-10,12-13H2,1H3,(H,18,19)/t16-/m0/s1. The Kier molecular flexibility index (Phi) is 4.68. The van der Waals surface area contributed by atoms with Gasteiger partial charge in [-0.3, -0.25) is 4.90 Å². The third kappa shape index (κ3) is 3.52. The second kappa shape index (κ2) is 6.87. The molecule has 0 aliphatic carbocycles. The molecule has 4 heteroatoms. The summed E-state index contributed by atoms with van der Waals surface area (Å²) in [7, 11) is 1.79. The van der Waals surface area contributed by atoms with Crippen molar-refractivity contribution in [1.82, 2.24) is 14.9 Å². The van der Waals surface area contributed by atoms with Gasteiger partial charge in [0.1, 0.15) is 5.82 Å². The lowest BCUT2D eigenvalue weighted by Gasteiger charge is -2.34. The van der Waals surface area contributed by atoms with E-state index < -0.39 is 0 Å². The molecule has 0 bridgehead atoms. The van der Waals surface area contributed by atoms with Crippen molar-refractivity contribution in [3.63, 3.8) is 0 Å². The van der Waals surface area contributed by atoms with Gasteiger partial charge in [0.25, 0.3) is 0 Å². The average molecular weight is 285 g/mol. The van der Waals surface area contributed by atoms with Crippen molar-refractivity contribution in [2.45, 2.75) is 31.8 Å². The quantitative estimate of drug-likeness (QED) is 0.918. The molecule has 21 heavy (non-hydrogen) atoms. The van der Waals surface area contributed by atoms with Crippen molar-refractivity contribution in [2.75, 3.05) is 20.3 Å². The third-order valence-corrected chi connectivity index (χ3v) is 4.16. The van der Waals surface area contributed by atoms with Gasteiger partial charge in [-0.2, -0.15) is 0 Å². The molecule has 2 aromatic rings. The molecule has 1 aliphatic heterocycles. The molecular weight excluding hydrogens is 262 g/mol. The molecular formula is C17H23N3O. The van der Waals surface area contributed by atoms with Crippen LogP contribution >= 0.6 is 0 Å². The van der Waals surface area contributed by atoms with Crippen LogP contribution < -0.4 is 0 Å². The number of benzene rings is 1. The van der Waals surface area contributed by atoms with E-state index in [4.69, 9.17) is 4.74 Å². The summed E-state index contributed by atoms with van der Waals surface area (Å²) in [6, 6.07) is 10.8. The van der Waals surface area contributed by atoms with E-state index in [0.717, 1.165) is 31.1 Å². The van der Waals surface area contributed by atoms with Gasteiger partial charge in [0.15, 0.2) is 0 Å². The number of nitrogens with one attached hydrogen (secondary N) is 1. The van der Waals surface area contributed by atoms with Gasteiger partial charge in [-0.1, -0.05) is 36.8 Å². The van der Waals surface area contributed by atoms with Gasteiger partial charge in [0.05, 0.1) is 6.61 Å². The van der Waals surface area contributed by atoms with Gasteiger partial charge in [-0.25, -0.2) is 4.98 Å². The number of methoxy groups -OCH3 is 1. The Balaban J connectivity index is 1.69. The zero-order chi connectivity index (χ0) is 14.5. The number of ether oxygens (including phenoxy) is 1. The van der Waals surface area contributed by atoms with Gasteiger partial charge < -0.3 is 9.72 Å². The number of piperidine rings is 1. The van der Waals surface area contributed by atoms with Crippen molar-refractivity contribution in [3.8, 4) is 11.4 Å². The van der Waals surface area contributed by atoms with E-state index in [0.29, 0.717) is 6.04 Å². The number of nitrogens with zero attached hydrogens (tertiary/aromatic N) is 2. The van der Waals surface area contributed by atoms with E-state index in [-0.39, 0.29) is 0 Å². The molecule has 0 unspecified atom stereocenters. The molecule has 1 N–H and O–H groups in total. The fourth-order valence-corrected chi connectivity index (χ4v) is 3.05. The summed E-state index contributed by atoms with van der Waals surface area (Å²) in [5, 5.41) is 0. The summed E-state index contributed by atoms with van der Waals surface area (Å²) in [6.45, 7) is 2.89. The first-order chi connectivity index (χ1) is 10.4. The fraction of sp³-hybridized carbons (Fsp3) is 0.471. The van der Waals surface area contributed by atoms with Gasteiger partial charge in [0.2, 0.25) is 0 Å². The minimum Gasteiger partial charge on any atom is -0.383 e. The summed E-state index contributed by atoms with van der Waals surface area (Å²) in [6.07, 6.45) is 5.77. The maximum absolute atomic E-state index is 5.36. The highest BCUT2D eigenvalue weighted by molar-refractivity contribution is 5.54. The summed E-state index contributed by atoms with van der Waals surface area (Å²) in [5.41, 5.74) is 2.31. The van der Waals surface area contributed by atoms with Gasteiger partial charge >= 0.3 is 0 Å². The van der Waals surface area contributed by atoms with Crippen molar-refractivity contribution < 1.29 is 4.74 Å². The van der Waals surface area contributed by atoms with Crippen LogP contribution in [0.15, 0.2) is 36.5 Å². The van der Waals surface area contributed by atoms with Crippen molar-refractivity contribution in [2.24, 2.45) is 0 Å². The number of likely N-dealkylation sites (tertiary alicyclic amines) is 1. The largest absolute Gasteiger partial charge is 0.383 e. The van der Waals surface area contributed by atoms with Crippen LogP contribution in [-0.2, 0) is 11.3 Å². The first-order valence-electron chi connectivity index (χ1n) is 7.69. The number of hydrogen-bond donors (Lipinski definition) is 1. The van der Waals surface area contributed by atoms with Crippen LogP contribution in [0.2, 0.25) is 0 Å². The maximum Gasteiger partial charge on any atom is 0.137 e. The van der Waals surface area contributed by atoms with Gasteiger partial charge in [-0.05, 0) is 19.4 Å². The molecule has 0 amide bonds. The summed E-state index contributed by atoms with van der Waals surface area (Å²) in [4.78, 5) is 10.5. The van der Waals surface area contributed by atoms with Crippen LogP contribution in [0.5, 0.6) is 0 Å². The fourth-order valence-electron chi connectivity index (χ4n) is 3.05. The van der Waals surface area contributed by atoms with Crippen LogP contribution in [0.1, 0.15) is 25.0 Å². The first kappa shape index (κ1) is 14.3. The molecule has 1 aromatic heterocycles. The topological polar surface area (TPSA) is 41.1 Å². The van der Waals surface area contributed by atoms with E-state index in [9.17, 15) is 0 Å². The lowest BCUT2D eigenvalue weighted by atomic mass is 10.0. The molecule has 1 saturated heterocycles. The highest BCUT2D eigenvalue weighted by atomic mass is 16.5. The van der Waals surface area contributed by atoms with E-state index in [1.54, 1.807) is 7.11 Å². The Labute approximate surface area is 126 Å². The molecule has 0 radical (unpaired) electrons. The Morgan fingerprint density at radius 2 is 2.14 bits per heavy atom. The Bertz CT molecular complexity index is 550. The highest BCUT2D eigenvalue weighted by Crippen LogP contribution is 2.21. The van der Waals surface area contributed by atoms with E-state index in [2.05, 4.69) is 27.0 Å². The lowest BCUT2D eigenvalue weighted by molar-refractivity contribution is 0.0593. The zero-order valence-corrected chi connectivity index (χ0v) is 12.6. The third-order valence-electron chi connectivity index (χ3n) is 4.16. The number of H-pyrrole nitrogens is 1. The second-order valence-electron chi connectivity index (χ2n) is 5.70. The van der Waals surface area contributed by atoms with Crippen LogP contribution in [0, 0.1) is 0 Å². The van der Waals surface area contributed by atoms with Crippen molar-refractivity contribution in [3.05, 3.63) is 42.2 Å². The number of aromatic nitrogens is 2. The van der Waals surface area contributed by atoms with Crippen LogP contribution in [0.4, 0.5) is 0 Å². The Hall–Kier alpha value is -1.65. The Morgan fingerprint density at radius 1 is 1.29 bits per heavy atom. The van der Waals surface area contributed by atoms with Crippen LogP contribution in [0.3, 0.4) is 0 Å². The SMILES string of the molecule is COC[C@@H]1CCCCN1Cc1cnc(-c2ccccc2)[nH]1. The molecule has 1 aromatic carbocycles. The van der Waals surface area contributed by atoms with Crippen LogP contribution in [-0.4, -0.2) is 41.2 Å². The number of aromatic amines is 1. The first-order valence-corrected chi connectivity index (χ1v) is 7.69. The lowest BCUT2D eigenvalue weighted by Crippen LogP contribution is -2.41. The minimum atomic E-state index is 0.534. The van der Waals surface area contributed by atoms with Crippen molar-refractivity contribution >= 4 is 0 Å². The van der Waals surface area contributed by atoms with Crippen molar-refractivity contribution in [1.29, 1.82) is 0 Å². The normalized spacial score (nSPS) is 19.8. The second-order valence-corrected chi connectivity index (χ2v) is 5.70. The maximum atomic E-state index is 5.36. The highest BCUT2D eigenvalue weighted by Gasteiger charge is 2.22. The molecule has 1 atom stereocenters.